The second kappa shape index (κ2) is 10.5. The average Bonchev–Trinajstić information content (AvgIpc) is 3.52. The Bertz CT molecular complexity index is 606. The van der Waals surface area contributed by atoms with Crippen LogP contribution in [-0.4, -0.2) is 24.2 Å². The lowest BCUT2D eigenvalue weighted by atomic mass is 9.90. The summed E-state index contributed by atoms with van der Waals surface area (Å²) >= 11 is 0. The number of rotatable bonds is 11. The van der Waals surface area contributed by atoms with Crippen LogP contribution in [0.25, 0.3) is 0 Å². The van der Waals surface area contributed by atoms with Gasteiger partial charge in [-0.15, -0.1) is 0 Å². The van der Waals surface area contributed by atoms with Crippen molar-refractivity contribution in [1.82, 2.24) is 10.9 Å². The Hall–Kier alpha value is -1.72. The number of unbranched alkanes of at least 4 members (excludes halogenated alkanes) is 3. The summed E-state index contributed by atoms with van der Waals surface area (Å²) in [4.78, 5) is 23.8. The summed E-state index contributed by atoms with van der Waals surface area (Å²) < 4.78 is 0. The van der Waals surface area contributed by atoms with Gasteiger partial charge in [-0.05, 0) is 86.9 Å². The molecule has 6 atom stereocenters. The number of nitrogens with one attached hydrogen (secondary N) is 2. The van der Waals surface area contributed by atoms with E-state index in [-0.39, 0.29) is 11.8 Å². The van der Waals surface area contributed by atoms with E-state index in [1.807, 2.05) is 12.4 Å². The van der Waals surface area contributed by atoms with Gasteiger partial charge in [-0.1, -0.05) is 25.7 Å². The number of carbonyl (C=O) groups excluding carboxylic acids is 2. The van der Waals surface area contributed by atoms with Gasteiger partial charge in [0.15, 0.2) is 0 Å². The SMILES string of the molecule is O=C(CCCCCCC(=O)N/N=C\[C@@H]1C[C@H]2CC[C@H]1C2)N/N=C\[C@@H]1C[C@H]2CC[C@H]1C2. The van der Waals surface area contributed by atoms with Gasteiger partial charge < -0.3 is 0 Å². The Labute approximate surface area is 180 Å². The van der Waals surface area contributed by atoms with Crippen molar-refractivity contribution in [2.24, 2.45) is 45.7 Å². The Kier molecular flexibility index (Phi) is 7.56. The number of nitrogens with zero attached hydrogens (tertiary/aromatic N) is 2. The first-order valence-electron chi connectivity index (χ1n) is 12.3. The average molecular weight is 415 g/mol. The summed E-state index contributed by atoms with van der Waals surface area (Å²) in [5.41, 5.74) is 5.37. The van der Waals surface area contributed by atoms with Crippen molar-refractivity contribution in [1.29, 1.82) is 0 Å². The molecular weight excluding hydrogens is 376 g/mol. The van der Waals surface area contributed by atoms with Gasteiger partial charge in [0.2, 0.25) is 11.8 Å². The fraction of sp³-hybridized carbons (Fsp3) is 0.833. The first kappa shape index (κ1) is 21.5. The predicted octanol–water partition coefficient (Wildman–Crippen LogP) is 4.40. The minimum Gasteiger partial charge on any atom is -0.273 e. The highest BCUT2D eigenvalue weighted by Gasteiger charge is 2.39. The first-order chi connectivity index (χ1) is 14.7. The van der Waals surface area contributed by atoms with Crippen molar-refractivity contribution in [3.8, 4) is 0 Å². The molecule has 166 valence electrons. The third-order valence-electron chi connectivity index (χ3n) is 8.05. The van der Waals surface area contributed by atoms with Gasteiger partial charge in [-0.25, -0.2) is 10.9 Å². The molecule has 0 aromatic heterocycles. The smallest absolute Gasteiger partial charge is 0.240 e. The molecule has 4 aliphatic carbocycles. The molecule has 6 heteroatoms. The molecule has 4 bridgehead atoms. The maximum absolute atomic E-state index is 11.9. The molecule has 4 fully saturated rings. The minimum absolute atomic E-state index is 0.00195. The normalized spacial score (nSPS) is 34.4. The fourth-order valence-electron chi connectivity index (χ4n) is 6.40. The lowest BCUT2D eigenvalue weighted by Crippen LogP contribution is -2.20. The second-order valence-electron chi connectivity index (χ2n) is 10.2. The molecule has 30 heavy (non-hydrogen) atoms. The largest absolute Gasteiger partial charge is 0.273 e. The number of hydrogen-bond acceptors (Lipinski definition) is 4. The third-order valence-corrected chi connectivity index (χ3v) is 8.05. The van der Waals surface area contributed by atoms with Crippen molar-refractivity contribution < 1.29 is 9.59 Å². The van der Waals surface area contributed by atoms with Crippen LogP contribution < -0.4 is 10.9 Å². The number of amides is 2. The van der Waals surface area contributed by atoms with E-state index < -0.39 is 0 Å². The van der Waals surface area contributed by atoms with Crippen molar-refractivity contribution in [2.45, 2.75) is 89.9 Å². The van der Waals surface area contributed by atoms with Gasteiger partial charge >= 0.3 is 0 Å². The van der Waals surface area contributed by atoms with Crippen LogP contribution in [0.2, 0.25) is 0 Å². The highest BCUT2D eigenvalue weighted by molar-refractivity contribution is 5.77. The molecule has 0 spiro atoms. The highest BCUT2D eigenvalue weighted by atomic mass is 16.2. The van der Waals surface area contributed by atoms with E-state index in [1.54, 1.807) is 0 Å². The molecule has 0 aromatic rings. The zero-order chi connectivity index (χ0) is 20.8. The monoisotopic (exact) mass is 414 g/mol. The van der Waals surface area contributed by atoms with Gasteiger partial charge in [-0.3, -0.25) is 9.59 Å². The van der Waals surface area contributed by atoms with Gasteiger partial charge in [0.1, 0.15) is 0 Å². The molecule has 0 aliphatic heterocycles. The van der Waals surface area contributed by atoms with Crippen LogP contribution in [0, 0.1) is 35.5 Å². The Morgan fingerprint density at radius 3 is 1.50 bits per heavy atom. The summed E-state index contributed by atoms with van der Waals surface area (Å²) in [6, 6.07) is 0. The summed E-state index contributed by atoms with van der Waals surface area (Å²) in [5.74, 6) is 4.56. The van der Waals surface area contributed by atoms with Gasteiger partial charge in [0, 0.05) is 25.3 Å². The summed E-state index contributed by atoms with van der Waals surface area (Å²) in [5, 5.41) is 8.38. The molecule has 0 saturated heterocycles. The molecule has 6 nitrogen and oxygen atoms in total. The second-order valence-corrected chi connectivity index (χ2v) is 10.2. The molecular formula is C24H38N4O2. The van der Waals surface area contributed by atoms with Gasteiger partial charge in [-0.2, -0.15) is 10.2 Å². The fourth-order valence-corrected chi connectivity index (χ4v) is 6.40. The molecule has 4 rings (SSSR count). The number of fused-ring (bicyclic) bond motifs is 4. The summed E-state index contributed by atoms with van der Waals surface area (Å²) in [7, 11) is 0. The van der Waals surface area contributed by atoms with Crippen LogP contribution in [0.3, 0.4) is 0 Å². The topological polar surface area (TPSA) is 82.9 Å². The van der Waals surface area contributed by atoms with Crippen molar-refractivity contribution in [3.63, 3.8) is 0 Å². The molecule has 2 N–H and O–H groups in total. The minimum atomic E-state index is 0.00195. The van der Waals surface area contributed by atoms with E-state index in [0.717, 1.165) is 49.4 Å². The van der Waals surface area contributed by atoms with Crippen molar-refractivity contribution in [3.05, 3.63) is 0 Å². The molecule has 0 radical (unpaired) electrons. The van der Waals surface area contributed by atoms with Crippen molar-refractivity contribution >= 4 is 24.2 Å². The molecule has 4 saturated carbocycles. The number of carbonyl (C=O) groups is 2. The van der Waals surface area contributed by atoms with E-state index in [0.29, 0.717) is 24.7 Å². The van der Waals surface area contributed by atoms with Gasteiger partial charge in [0.05, 0.1) is 0 Å². The highest BCUT2D eigenvalue weighted by Crippen LogP contribution is 2.48. The lowest BCUT2D eigenvalue weighted by molar-refractivity contribution is -0.122. The first-order valence-corrected chi connectivity index (χ1v) is 12.3. The Morgan fingerprint density at radius 1 is 0.667 bits per heavy atom. The molecule has 0 unspecified atom stereocenters. The van der Waals surface area contributed by atoms with Crippen LogP contribution in [0.1, 0.15) is 89.9 Å². The third kappa shape index (κ3) is 5.92. The van der Waals surface area contributed by atoms with Crippen LogP contribution >= 0.6 is 0 Å². The zero-order valence-corrected chi connectivity index (χ0v) is 18.2. The van der Waals surface area contributed by atoms with E-state index in [4.69, 9.17) is 0 Å². The Morgan fingerprint density at radius 2 is 1.13 bits per heavy atom. The molecule has 0 aromatic carbocycles. The van der Waals surface area contributed by atoms with Gasteiger partial charge in [0.25, 0.3) is 0 Å². The molecule has 0 heterocycles. The summed E-state index contributed by atoms with van der Waals surface area (Å²) in [6.07, 6.45) is 19.2. The van der Waals surface area contributed by atoms with E-state index in [1.165, 1.54) is 51.4 Å². The van der Waals surface area contributed by atoms with E-state index in [9.17, 15) is 9.59 Å². The standard InChI is InChI=1S/C24H38N4O2/c29-23(27-25-15-21-13-17-7-9-19(21)11-17)5-3-1-2-4-6-24(30)28-26-16-22-14-18-8-10-20(22)12-18/h15-22H,1-14H2,(H,27,29)(H,28,30)/b25-15-,26-16-/t17-,18-,19-,20-,21-,22-/m0/s1. The van der Waals surface area contributed by atoms with E-state index >= 15 is 0 Å². The number of hydrogen-bond donors (Lipinski definition) is 2. The molecule has 2 amide bonds. The quantitative estimate of drug-likeness (QED) is 0.298. The zero-order valence-electron chi connectivity index (χ0n) is 18.2. The van der Waals surface area contributed by atoms with Crippen LogP contribution in [0.5, 0.6) is 0 Å². The van der Waals surface area contributed by atoms with Crippen molar-refractivity contribution in [2.75, 3.05) is 0 Å². The number of hydrazone groups is 2. The maximum atomic E-state index is 11.9. The predicted molar refractivity (Wildman–Crippen MR) is 119 cm³/mol. The van der Waals surface area contributed by atoms with Crippen LogP contribution in [0.4, 0.5) is 0 Å². The summed E-state index contributed by atoms with van der Waals surface area (Å²) in [6.45, 7) is 0. The maximum Gasteiger partial charge on any atom is 0.240 e. The lowest BCUT2D eigenvalue weighted by Gasteiger charge is -2.16. The molecule has 4 aliphatic rings. The Balaban J connectivity index is 0.974. The van der Waals surface area contributed by atoms with Crippen LogP contribution in [0.15, 0.2) is 10.2 Å². The van der Waals surface area contributed by atoms with Crippen LogP contribution in [-0.2, 0) is 9.59 Å². The van der Waals surface area contributed by atoms with E-state index in [2.05, 4.69) is 21.1 Å².